The molecule has 1 aromatic carbocycles. The third-order valence-electron chi connectivity index (χ3n) is 3.11. The van der Waals surface area contributed by atoms with Gasteiger partial charge in [-0.1, -0.05) is 12.1 Å². The van der Waals surface area contributed by atoms with Gasteiger partial charge in [-0.2, -0.15) is 0 Å². The molecule has 1 unspecified atom stereocenters. The molecule has 0 fully saturated rings. The van der Waals surface area contributed by atoms with Crippen LogP contribution < -0.4 is 4.74 Å². The number of ketones is 1. The van der Waals surface area contributed by atoms with E-state index in [1.54, 1.807) is 38.3 Å². The first-order valence-corrected chi connectivity index (χ1v) is 6.31. The number of hydrogen-bond acceptors (Lipinski definition) is 5. The van der Waals surface area contributed by atoms with E-state index in [2.05, 4.69) is 0 Å². The molecule has 5 nitrogen and oxygen atoms in total. The van der Waals surface area contributed by atoms with Gasteiger partial charge in [0.2, 0.25) is 5.60 Å². The maximum absolute atomic E-state index is 12.3. The second-order valence-corrected chi connectivity index (χ2v) is 4.34. The van der Waals surface area contributed by atoms with Gasteiger partial charge in [0.05, 0.1) is 26.4 Å². The Morgan fingerprint density at radius 2 is 2.05 bits per heavy atom. The zero-order valence-electron chi connectivity index (χ0n) is 11.4. The first-order valence-electron chi connectivity index (χ1n) is 6.31. The summed E-state index contributed by atoms with van der Waals surface area (Å²) >= 11 is 0. The van der Waals surface area contributed by atoms with Gasteiger partial charge in [-0.3, -0.25) is 4.79 Å². The number of carbonyl (C=O) groups is 2. The standard InChI is InChI=1S/C15H16O5/c1-3-19-14(17)15(10-12(16)8-9-20-15)11-4-6-13(18-2)7-5-11/h4-9H,3,10H2,1-2H3. The minimum Gasteiger partial charge on any atom is -0.497 e. The Bertz CT molecular complexity index is 532. The van der Waals surface area contributed by atoms with E-state index in [0.717, 1.165) is 0 Å². The van der Waals surface area contributed by atoms with Gasteiger partial charge in [-0.25, -0.2) is 4.79 Å². The van der Waals surface area contributed by atoms with Crippen LogP contribution in [0.4, 0.5) is 0 Å². The topological polar surface area (TPSA) is 61.8 Å². The fraction of sp³-hybridized carbons (Fsp3) is 0.333. The lowest BCUT2D eigenvalue weighted by Crippen LogP contribution is -2.42. The van der Waals surface area contributed by atoms with Gasteiger partial charge in [0.15, 0.2) is 5.78 Å². The van der Waals surface area contributed by atoms with Crippen molar-refractivity contribution in [2.24, 2.45) is 0 Å². The molecule has 1 aliphatic heterocycles. The van der Waals surface area contributed by atoms with E-state index in [1.807, 2.05) is 0 Å². The van der Waals surface area contributed by atoms with Crippen LogP contribution in [0, 0.1) is 0 Å². The van der Waals surface area contributed by atoms with Crippen LogP contribution in [0.15, 0.2) is 36.6 Å². The predicted molar refractivity (Wildman–Crippen MR) is 71.2 cm³/mol. The largest absolute Gasteiger partial charge is 0.497 e. The molecular formula is C15H16O5. The van der Waals surface area contributed by atoms with Crippen molar-refractivity contribution in [1.82, 2.24) is 0 Å². The van der Waals surface area contributed by atoms with Crippen molar-refractivity contribution in [2.45, 2.75) is 18.9 Å². The number of benzene rings is 1. The van der Waals surface area contributed by atoms with E-state index in [4.69, 9.17) is 14.2 Å². The van der Waals surface area contributed by atoms with Gasteiger partial charge in [-0.15, -0.1) is 0 Å². The Morgan fingerprint density at radius 1 is 1.35 bits per heavy atom. The maximum Gasteiger partial charge on any atom is 0.355 e. The van der Waals surface area contributed by atoms with Gasteiger partial charge >= 0.3 is 5.97 Å². The summed E-state index contributed by atoms with van der Waals surface area (Å²) in [6, 6.07) is 6.81. The van der Waals surface area contributed by atoms with Gasteiger partial charge in [0.1, 0.15) is 5.75 Å². The minimum atomic E-state index is -1.41. The summed E-state index contributed by atoms with van der Waals surface area (Å²) in [5, 5.41) is 0. The van der Waals surface area contributed by atoms with Gasteiger partial charge in [0, 0.05) is 11.6 Å². The summed E-state index contributed by atoms with van der Waals surface area (Å²) in [5.41, 5.74) is -0.844. The maximum atomic E-state index is 12.3. The van der Waals surface area contributed by atoms with Crippen molar-refractivity contribution in [3.8, 4) is 5.75 Å². The van der Waals surface area contributed by atoms with Crippen LogP contribution in [-0.4, -0.2) is 25.5 Å². The Morgan fingerprint density at radius 3 is 2.60 bits per heavy atom. The lowest BCUT2D eigenvalue weighted by atomic mass is 9.87. The highest BCUT2D eigenvalue weighted by atomic mass is 16.6. The highest BCUT2D eigenvalue weighted by molar-refractivity contribution is 5.96. The number of carbonyl (C=O) groups excluding carboxylic acids is 2. The summed E-state index contributed by atoms with van der Waals surface area (Å²) in [5.74, 6) is -0.0894. The molecule has 0 spiro atoms. The monoisotopic (exact) mass is 276 g/mol. The molecule has 1 aromatic rings. The predicted octanol–water partition coefficient (Wildman–Crippen LogP) is 1.96. The number of hydrogen-bond donors (Lipinski definition) is 0. The molecule has 2 rings (SSSR count). The lowest BCUT2D eigenvalue weighted by molar-refractivity contribution is -0.170. The molecule has 1 atom stereocenters. The Hall–Kier alpha value is -2.30. The van der Waals surface area contributed by atoms with Crippen LogP contribution in [0.1, 0.15) is 18.9 Å². The van der Waals surface area contributed by atoms with Crippen LogP contribution in [0.5, 0.6) is 5.75 Å². The van der Waals surface area contributed by atoms with E-state index < -0.39 is 11.6 Å². The molecule has 106 valence electrons. The Labute approximate surface area is 117 Å². The molecule has 1 aliphatic rings. The fourth-order valence-electron chi connectivity index (χ4n) is 2.09. The molecular weight excluding hydrogens is 260 g/mol. The number of allylic oxidation sites excluding steroid dienone is 1. The van der Waals surface area contributed by atoms with Crippen molar-refractivity contribution in [1.29, 1.82) is 0 Å². The van der Waals surface area contributed by atoms with E-state index in [-0.39, 0.29) is 18.8 Å². The molecule has 0 saturated heterocycles. The zero-order chi connectivity index (χ0) is 14.6. The van der Waals surface area contributed by atoms with Crippen LogP contribution in [0.25, 0.3) is 0 Å². The Kier molecular flexibility index (Phi) is 4.08. The molecule has 0 bridgehead atoms. The molecule has 0 radical (unpaired) electrons. The average molecular weight is 276 g/mol. The van der Waals surface area contributed by atoms with E-state index in [1.165, 1.54) is 12.3 Å². The smallest absolute Gasteiger partial charge is 0.355 e. The summed E-state index contributed by atoms with van der Waals surface area (Å²) < 4.78 is 15.6. The molecule has 20 heavy (non-hydrogen) atoms. The highest BCUT2D eigenvalue weighted by Crippen LogP contribution is 2.35. The number of esters is 1. The molecule has 0 N–H and O–H groups in total. The van der Waals surface area contributed by atoms with E-state index in [0.29, 0.717) is 11.3 Å². The summed E-state index contributed by atoms with van der Waals surface area (Å²) in [6.45, 7) is 1.93. The minimum absolute atomic E-state index is 0.0747. The van der Waals surface area contributed by atoms with E-state index in [9.17, 15) is 9.59 Å². The van der Waals surface area contributed by atoms with Crippen LogP contribution in [0.2, 0.25) is 0 Å². The molecule has 0 aliphatic carbocycles. The summed E-state index contributed by atoms with van der Waals surface area (Å²) in [7, 11) is 1.56. The first-order chi connectivity index (χ1) is 9.62. The summed E-state index contributed by atoms with van der Waals surface area (Å²) in [6.07, 6.45) is 2.47. The Balaban J connectivity index is 2.42. The number of ether oxygens (including phenoxy) is 3. The summed E-state index contributed by atoms with van der Waals surface area (Å²) in [4.78, 5) is 23.9. The molecule has 0 amide bonds. The molecule has 0 aromatic heterocycles. The highest BCUT2D eigenvalue weighted by Gasteiger charge is 2.46. The third-order valence-corrected chi connectivity index (χ3v) is 3.11. The van der Waals surface area contributed by atoms with Gasteiger partial charge < -0.3 is 14.2 Å². The second kappa shape index (κ2) is 5.77. The van der Waals surface area contributed by atoms with Gasteiger partial charge in [-0.05, 0) is 19.1 Å². The zero-order valence-corrected chi connectivity index (χ0v) is 11.4. The van der Waals surface area contributed by atoms with Crippen molar-refractivity contribution < 1.29 is 23.8 Å². The third kappa shape index (κ3) is 2.52. The normalized spacial score (nSPS) is 21.2. The van der Waals surface area contributed by atoms with Crippen LogP contribution >= 0.6 is 0 Å². The van der Waals surface area contributed by atoms with Crippen molar-refractivity contribution in [3.05, 3.63) is 42.2 Å². The number of rotatable bonds is 4. The average Bonchev–Trinajstić information content (AvgIpc) is 2.47. The fourth-order valence-corrected chi connectivity index (χ4v) is 2.09. The van der Waals surface area contributed by atoms with E-state index >= 15 is 0 Å². The number of methoxy groups -OCH3 is 1. The SMILES string of the molecule is CCOC(=O)C1(c2ccc(OC)cc2)CC(=O)C=CO1. The molecule has 5 heteroatoms. The quantitative estimate of drug-likeness (QED) is 0.787. The van der Waals surface area contributed by atoms with Crippen LogP contribution in [-0.2, 0) is 24.7 Å². The second-order valence-electron chi connectivity index (χ2n) is 4.34. The molecule has 0 saturated carbocycles. The first kappa shape index (κ1) is 14.1. The van der Waals surface area contributed by atoms with Gasteiger partial charge in [0.25, 0.3) is 0 Å². The van der Waals surface area contributed by atoms with Crippen molar-refractivity contribution >= 4 is 11.8 Å². The van der Waals surface area contributed by atoms with Crippen molar-refractivity contribution in [3.63, 3.8) is 0 Å². The van der Waals surface area contributed by atoms with Crippen LogP contribution in [0.3, 0.4) is 0 Å². The lowest BCUT2D eigenvalue weighted by Gasteiger charge is -2.32. The molecule has 1 heterocycles. The van der Waals surface area contributed by atoms with Crippen molar-refractivity contribution in [2.75, 3.05) is 13.7 Å².